The molecule has 1 unspecified atom stereocenters. The van der Waals surface area contributed by atoms with Gasteiger partial charge in [-0.1, -0.05) is 23.4 Å². The molecule has 1 aliphatic rings. The summed E-state index contributed by atoms with van der Waals surface area (Å²) in [7, 11) is 0. The van der Waals surface area contributed by atoms with Crippen molar-refractivity contribution in [2.45, 2.75) is 49.5 Å². The standard InChI is InChI=1S/C18H22N4O2S/c1-13(16(23)20-12-7-14-5-3-2-4-6-14)25-18-22-21-17(24-18)15-8-10-19-11-9-15/h5,8-11,13H,2-4,6-7,12H2,1H3,(H,20,23). The molecule has 0 aromatic carbocycles. The number of aromatic nitrogens is 3. The highest BCUT2D eigenvalue weighted by atomic mass is 32.2. The quantitative estimate of drug-likeness (QED) is 0.601. The molecule has 1 N–H and O–H groups in total. The van der Waals surface area contributed by atoms with Crippen molar-refractivity contribution < 1.29 is 9.21 Å². The van der Waals surface area contributed by atoms with Crippen LogP contribution in [0.4, 0.5) is 0 Å². The predicted octanol–water partition coefficient (Wildman–Crippen LogP) is 3.62. The second-order valence-corrected chi connectivity index (χ2v) is 7.31. The molecule has 1 atom stereocenters. The van der Waals surface area contributed by atoms with Gasteiger partial charge in [-0.2, -0.15) is 0 Å². The Labute approximate surface area is 151 Å². The number of allylic oxidation sites excluding steroid dienone is 1. The van der Waals surface area contributed by atoms with Gasteiger partial charge in [0.25, 0.3) is 5.22 Å². The van der Waals surface area contributed by atoms with Crippen molar-refractivity contribution in [1.29, 1.82) is 0 Å². The van der Waals surface area contributed by atoms with Crippen LogP contribution in [-0.2, 0) is 4.79 Å². The van der Waals surface area contributed by atoms with Crippen molar-refractivity contribution in [2.75, 3.05) is 6.54 Å². The normalized spacial score (nSPS) is 15.5. The third kappa shape index (κ3) is 5.16. The molecule has 132 valence electrons. The van der Waals surface area contributed by atoms with Gasteiger partial charge in [0.1, 0.15) is 0 Å². The van der Waals surface area contributed by atoms with E-state index >= 15 is 0 Å². The Bertz CT molecular complexity index is 730. The van der Waals surface area contributed by atoms with Crippen molar-refractivity contribution in [3.05, 3.63) is 36.2 Å². The van der Waals surface area contributed by atoms with Crippen LogP contribution in [0.1, 0.15) is 39.0 Å². The van der Waals surface area contributed by atoms with Gasteiger partial charge in [0.05, 0.1) is 5.25 Å². The Morgan fingerprint density at radius 2 is 2.16 bits per heavy atom. The van der Waals surface area contributed by atoms with E-state index in [-0.39, 0.29) is 11.2 Å². The topological polar surface area (TPSA) is 80.9 Å². The first-order valence-corrected chi connectivity index (χ1v) is 9.46. The second kappa shape index (κ2) is 8.80. The first-order chi connectivity index (χ1) is 12.2. The van der Waals surface area contributed by atoms with Crippen LogP contribution in [0.25, 0.3) is 11.5 Å². The number of pyridine rings is 1. The largest absolute Gasteiger partial charge is 0.411 e. The molecule has 2 heterocycles. The van der Waals surface area contributed by atoms with Gasteiger partial charge in [0, 0.05) is 24.5 Å². The molecule has 1 aliphatic carbocycles. The van der Waals surface area contributed by atoms with Gasteiger partial charge in [-0.25, -0.2) is 0 Å². The highest BCUT2D eigenvalue weighted by Gasteiger charge is 2.18. The summed E-state index contributed by atoms with van der Waals surface area (Å²) in [5, 5.41) is 11.1. The number of hydrogen-bond donors (Lipinski definition) is 1. The number of carbonyl (C=O) groups excluding carboxylic acids is 1. The van der Waals surface area contributed by atoms with Gasteiger partial charge >= 0.3 is 0 Å². The van der Waals surface area contributed by atoms with Crippen molar-refractivity contribution in [1.82, 2.24) is 20.5 Å². The Morgan fingerprint density at radius 3 is 2.92 bits per heavy atom. The van der Waals surface area contributed by atoms with E-state index < -0.39 is 0 Å². The fourth-order valence-electron chi connectivity index (χ4n) is 2.69. The summed E-state index contributed by atoms with van der Waals surface area (Å²) < 4.78 is 5.61. The zero-order valence-electron chi connectivity index (χ0n) is 14.3. The second-order valence-electron chi connectivity index (χ2n) is 6.02. The minimum absolute atomic E-state index is 0.00919. The molecule has 2 aromatic heterocycles. The summed E-state index contributed by atoms with van der Waals surface area (Å²) >= 11 is 1.27. The molecule has 1 amide bonds. The smallest absolute Gasteiger partial charge is 0.277 e. The maximum Gasteiger partial charge on any atom is 0.277 e. The van der Waals surface area contributed by atoms with Crippen LogP contribution in [0.2, 0.25) is 0 Å². The van der Waals surface area contributed by atoms with Crippen molar-refractivity contribution >= 4 is 17.7 Å². The van der Waals surface area contributed by atoms with Crippen LogP contribution in [-0.4, -0.2) is 32.9 Å². The number of rotatable bonds is 7. The number of nitrogens with zero attached hydrogens (tertiary/aromatic N) is 3. The minimum Gasteiger partial charge on any atom is -0.411 e. The van der Waals surface area contributed by atoms with Gasteiger partial charge < -0.3 is 9.73 Å². The summed E-state index contributed by atoms with van der Waals surface area (Å²) in [6, 6.07) is 3.61. The average molecular weight is 358 g/mol. The molecule has 0 spiro atoms. The summed E-state index contributed by atoms with van der Waals surface area (Å²) in [6.07, 6.45) is 11.5. The van der Waals surface area contributed by atoms with Crippen molar-refractivity contribution in [3.63, 3.8) is 0 Å². The predicted molar refractivity (Wildman–Crippen MR) is 97.0 cm³/mol. The van der Waals surface area contributed by atoms with E-state index in [0.717, 1.165) is 12.0 Å². The van der Waals surface area contributed by atoms with Gasteiger partial charge in [-0.3, -0.25) is 9.78 Å². The van der Waals surface area contributed by atoms with Crippen LogP contribution in [0.15, 0.2) is 45.8 Å². The number of thioether (sulfide) groups is 1. The van der Waals surface area contributed by atoms with Crippen LogP contribution in [0.5, 0.6) is 0 Å². The van der Waals surface area contributed by atoms with Gasteiger partial charge in [-0.05, 0) is 51.2 Å². The molecular weight excluding hydrogens is 336 g/mol. The van der Waals surface area contributed by atoms with E-state index in [1.807, 2.05) is 6.92 Å². The molecule has 3 rings (SSSR count). The molecule has 6 nitrogen and oxygen atoms in total. The molecule has 7 heteroatoms. The Balaban J connectivity index is 1.46. The number of carbonyl (C=O) groups is 1. The molecular formula is C18H22N4O2S. The van der Waals surface area contributed by atoms with Crippen LogP contribution >= 0.6 is 11.8 Å². The summed E-state index contributed by atoms with van der Waals surface area (Å²) in [6.45, 7) is 2.53. The van der Waals surface area contributed by atoms with Gasteiger partial charge in [0.2, 0.25) is 11.8 Å². The van der Waals surface area contributed by atoms with Crippen molar-refractivity contribution in [2.24, 2.45) is 0 Å². The van der Waals surface area contributed by atoms with E-state index in [4.69, 9.17) is 4.42 Å². The van der Waals surface area contributed by atoms with E-state index in [2.05, 4.69) is 26.6 Å². The molecule has 0 bridgehead atoms. The Morgan fingerprint density at radius 1 is 1.32 bits per heavy atom. The third-order valence-electron chi connectivity index (χ3n) is 4.11. The lowest BCUT2D eigenvalue weighted by Gasteiger charge is -2.14. The highest BCUT2D eigenvalue weighted by Crippen LogP contribution is 2.26. The fourth-order valence-corrected chi connectivity index (χ4v) is 3.40. The zero-order valence-corrected chi connectivity index (χ0v) is 15.1. The third-order valence-corrected chi connectivity index (χ3v) is 5.05. The van der Waals surface area contributed by atoms with Crippen molar-refractivity contribution in [3.8, 4) is 11.5 Å². The molecule has 0 radical (unpaired) electrons. The summed E-state index contributed by atoms with van der Waals surface area (Å²) in [5.41, 5.74) is 2.28. The molecule has 25 heavy (non-hydrogen) atoms. The van der Waals surface area contributed by atoms with E-state index in [1.165, 1.54) is 43.0 Å². The molecule has 0 saturated carbocycles. The lowest BCUT2D eigenvalue weighted by atomic mass is 9.97. The number of hydrogen-bond acceptors (Lipinski definition) is 6. The maximum atomic E-state index is 12.2. The lowest BCUT2D eigenvalue weighted by molar-refractivity contribution is -0.120. The Kier molecular flexibility index (Phi) is 6.22. The first-order valence-electron chi connectivity index (χ1n) is 8.58. The highest BCUT2D eigenvalue weighted by molar-refractivity contribution is 8.00. The number of nitrogens with one attached hydrogen (secondary N) is 1. The summed E-state index contributed by atoms with van der Waals surface area (Å²) in [5.74, 6) is 0.423. The van der Waals surface area contributed by atoms with E-state index in [1.54, 1.807) is 24.5 Å². The van der Waals surface area contributed by atoms with Crippen LogP contribution in [0, 0.1) is 0 Å². The average Bonchev–Trinajstić information content (AvgIpc) is 3.12. The first kappa shape index (κ1) is 17.7. The minimum atomic E-state index is -0.286. The van der Waals surface area contributed by atoms with Crippen LogP contribution < -0.4 is 5.32 Å². The van der Waals surface area contributed by atoms with Gasteiger partial charge in [0.15, 0.2) is 0 Å². The molecule has 0 fully saturated rings. The summed E-state index contributed by atoms with van der Waals surface area (Å²) in [4.78, 5) is 16.2. The molecule has 0 aliphatic heterocycles. The van der Waals surface area contributed by atoms with E-state index in [0.29, 0.717) is 17.7 Å². The monoisotopic (exact) mass is 358 g/mol. The van der Waals surface area contributed by atoms with E-state index in [9.17, 15) is 4.79 Å². The van der Waals surface area contributed by atoms with Crippen LogP contribution in [0.3, 0.4) is 0 Å². The fraction of sp³-hybridized carbons (Fsp3) is 0.444. The van der Waals surface area contributed by atoms with Gasteiger partial charge in [-0.15, -0.1) is 10.2 Å². The molecule has 2 aromatic rings. The zero-order chi connectivity index (χ0) is 17.5. The molecule has 0 saturated heterocycles. The Hall–Kier alpha value is -2.15. The maximum absolute atomic E-state index is 12.2. The SMILES string of the molecule is CC(Sc1nnc(-c2ccncc2)o1)C(=O)NCCC1=CCCCC1. The lowest BCUT2D eigenvalue weighted by Crippen LogP contribution is -2.31. The number of amides is 1.